The molecule has 2 heteroatoms. The molecule has 0 saturated heterocycles. The highest BCUT2D eigenvalue weighted by Crippen LogP contribution is 2.58. The zero-order valence-electron chi connectivity index (χ0n) is 31.1. The van der Waals surface area contributed by atoms with Gasteiger partial charge in [0.25, 0.3) is 0 Å². The predicted octanol–water partition coefficient (Wildman–Crippen LogP) is 14.0. The topological polar surface area (TPSA) is 8.17 Å². The lowest BCUT2D eigenvalue weighted by molar-refractivity contribution is 0.660. The van der Waals surface area contributed by atoms with Crippen molar-refractivity contribution in [3.05, 3.63) is 192 Å². The maximum atomic E-state index is 2.60. The molecule has 0 aliphatic heterocycles. The minimum atomic E-state index is -0.131. The number of hydrogen-bond acceptors (Lipinski definition) is 1. The Balaban J connectivity index is 1.29. The van der Waals surface area contributed by atoms with Crippen LogP contribution in [-0.2, 0) is 10.8 Å². The van der Waals surface area contributed by atoms with Gasteiger partial charge >= 0.3 is 0 Å². The van der Waals surface area contributed by atoms with Gasteiger partial charge in [0, 0.05) is 43.8 Å². The van der Waals surface area contributed by atoms with E-state index in [2.05, 4.69) is 207 Å². The predicted molar refractivity (Wildman–Crippen MR) is 228 cm³/mol. The highest BCUT2D eigenvalue weighted by Gasteiger charge is 2.41. The van der Waals surface area contributed by atoms with Crippen molar-refractivity contribution < 1.29 is 0 Å². The van der Waals surface area contributed by atoms with E-state index in [9.17, 15) is 0 Å². The Hall–Kier alpha value is -6.38. The van der Waals surface area contributed by atoms with E-state index in [0.717, 1.165) is 11.4 Å². The summed E-state index contributed by atoms with van der Waals surface area (Å²) in [6.07, 6.45) is 0. The third kappa shape index (κ3) is 4.11. The Morgan fingerprint density at radius 3 is 1.39 bits per heavy atom. The fraction of sp³-hybridized carbons (Fsp3) is 0.115. The van der Waals surface area contributed by atoms with Crippen LogP contribution in [0.15, 0.2) is 170 Å². The van der Waals surface area contributed by atoms with Crippen molar-refractivity contribution in [2.75, 3.05) is 4.90 Å². The highest BCUT2D eigenvalue weighted by molar-refractivity contribution is 6.11. The van der Waals surface area contributed by atoms with Crippen LogP contribution in [0.25, 0.3) is 60.5 Å². The minimum Gasteiger partial charge on any atom is -0.309 e. The fourth-order valence-corrected chi connectivity index (χ4v) is 10.0. The number of hydrogen-bond donors (Lipinski definition) is 0. The highest BCUT2D eigenvalue weighted by atomic mass is 15.2. The van der Waals surface area contributed by atoms with E-state index in [1.165, 1.54) is 88.5 Å². The SMILES string of the molecule is CC1(C)c2ccccc2-c2c(N(c3cccc4c3-c3ccccc3C4(C)C)c3cc(-n4c5ccccc5c5ccccc54)cc4ccccc34)cccc21. The van der Waals surface area contributed by atoms with Gasteiger partial charge in [0.2, 0.25) is 0 Å². The molecule has 2 nitrogen and oxygen atoms in total. The third-order valence-electron chi connectivity index (χ3n) is 12.6. The van der Waals surface area contributed by atoms with Crippen LogP contribution < -0.4 is 4.90 Å². The normalized spacial score (nSPS) is 14.6. The summed E-state index contributed by atoms with van der Waals surface area (Å²) < 4.78 is 2.46. The van der Waals surface area contributed by atoms with E-state index >= 15 is 0 Å². The first-order valence-electron chi connectivity index (χ1n) is 19.1. The summed E-state index contributed by atoms with van der Waals surface area (Å²) in [4.78, 5) is 2.60. The molecule has 11 rings (SSSR count). The van der Waals surface area contributed by atoms with Crippen molar-refractivity contribution in [2.24, 2.45) is 0 Å². The van der Waals surface area contributed by atoms with Gasteiger partial charge in [-0.05, 0) is 75.2 Å². The monoisotopic (exact) mass is 692 g/mol. The van der Waals surface area contributed by atoms with Crippen LogP contribution in [0.4, 0.5) is 17.1 Å². The largest absolute Gasteiger partial charge is 0.309 e. The zero-order chi connectivity index (χ0) is 36.3. The van der Waals surface area contributed by atoms with Gasteiger partial charge in [0.1, 0.15) is 0 Å². The molecule has 2 aliphatic carbocycles. The molecule has 0 radical (unpaired) electrons. The Morgan fingerprint density at radius 1 is 0.389 bits per heavy atom. The molecule has 0 atom stereocenters. The van der Waals surface area contributed by atoms with E-state index in [4.69, 9.17) is 0 Å². The Kier molecular flexibility index (Phi) is 6.39. The van der Waals surface area contributed by atoms with Crippen molar-refractivity contribution in [3.63, 3.8) is 0 Å². The number of benzene rings is 8. The molecule has 9 aromatic rings. The number of rotatable bonds is 4. The maximum absolute atomic E-state index is 2.60. The molecule has 1 heterocycles. The lowest BCUT2D eigenvalue weighted by Crippen LogP contribution is -2.17. The number of nitrogens with zero attached hydrogens (tertiary/aromatic N) is 2. The number of fused-ring (bicyclic) bond motifs is 10. The van der Waals surface area contributed by atoms with Crippen molar-refractivity contribution in [1.82, 2.24) is 4.57 Å². The van der Waals surface area contributed by atoms with Crippen molar-refractivity contribution >= 4 is 49.6 Å². The first-order chi connectivity index (χ1) is 26.3. The van der Waals surface area contributed by atoms with Gasteiger partial charge in [0.05, 0.1) is 28.1 Å². The summed E-state index contributed by atoms with van der Waals surface area (Å²) in [5, 5.41) is 4.95. The third-order valence-corrected chi connectivity index (χ3v) is 12.6. The molecule has 2 aliphatic rings. The number of para-hydroxylation sites is 2. The van der Waals surface area contributed by atoms with E-state index in [0.29, 0.717) is 0 Å². The van der Waals surface area contributed by atoms with Gasteiger partial charge in [-0.1, -0.05) is 161 Å². The molecular formula is C52H40N2. The van der Waals surface area contributed by atoms with E-state index in [1.54, 1.807) is 0 Å². The molecule has 8 aromatic carbocycles. The Bertz CT molecular complexity index is 2850. The lowest BCUT2D eigenvalue weighted by Gasteiger charge is -2.32. The van der Waals surface area contributed by atoms with Crippen LogP contribution >= 0.6 is 0 Å². The van der Waals surface area contributed by atoms with E-state index in [1.807, 2.05) is 0 Å². The number of aromatic nitrogens is 1. The maximum Gasteiger partial charge on any atom is 0.0561 e. The van der Waals surface area contributed by atoms with Gasteiger partial charge < -0.3 is 9.47 Å². The van der Waals surface area contributed by atoms with E-state index in [-0.39, 0.29) is 10.8 Å². The molecule has 0 bridgehead atoms. The number of anilines is 3. The summed E-state index contributed by atoms with van der Waals surface area (Å²) in [7, 11) is 0. The summed E-state index contributed by atoms with van der Waals surface area (Å²) in [6.45, 7) is 9.51. The molecule has 258 valence electrons. The fourth-order valence-electron chi connectivity index (χ4n) is 10.0. The minimum absolute atomic E-state index is 0.131. The van der Waals surface area contributed by atoms with Crippen LogP contribution in [0.1, 0.15) is 49.9 Å². The molecule has 0 fully saturated rings. The molecule has 1 aromatic heterocycles. The zero-order valence-corrected chi connectivity index (χ0v) is 31.1. The Morgan fingerprint density at radius 2 is 0.833 bits per heavy atom. The second-order valence-corrected chi connectivity index (χ2v) is 16.1. The molecule has 54 heavy (non-hydrogen) atoms. The summed E-state index contributed by atoms with van der Waals surface area (Å²) >= 11 is 0. The van der Waals surface area contributed by atoms with Crippen LogP contribution in [-0.4, -0.2) is 4.57 Å². The second-order valence-electron chi connectivity index (χ2n) is 16.1. The molecular weight excluding hydrogens is 653 g/mol. The van der Waals surface area contributed by atoms with Crippen LogP contribution in [0.3, 0.4) is 0 Å². The standard InChI is InChI=1S/C52H40N2/c1-51(2)40-23-11-7-21-38(40)49-42(51)25-15-29-46(49)54(47-30-16-26-43-50(47)39-22-8-12-24-41(39)52(43,3)4)48-32-34(31-33-17-5-6-18-35(33)48)53-44-27-13-9-19-36(44)37-20-10-14-28-45(37)53/h5-32H,1-4H3. The summed E-state index contributed by atoms with van der Waals surface area (Å²) in [6, 6.07) is 63.4. The average molecular weight is 693 g/mol. The molecule has 0 spiro atoms. The Labute approximate surface area is 316 Å². The quantitative estimate of drug-likeness (QED) is 0.178. The smallest absolute Gasteiger partial charge is 0.0561 e. The molecule has 0 unspecified atom stereocenters. The van der Waals surface area contributed by atoms with Gasteiger partial charge in [-0.15, -0.1) is 0 Å². The van der Waals surface area contributed by atoms with Crippen LogP contribution in [0.5, 0.6) is 0 Å². The van der Waals surface area contributed by atoms with Crippen molar-refractivity contribution in [2.45, 2.75) is 38.5 Å². The van der Waals surface area contributed by atoms with Crippen molar-refractivity contribution in [1.29, 1.82) is 0 Å². The average Bonchev–Trinajstić information content (AvgIpc) is 3.76. The first kappa shape index (κ1) is 31.2. The summed E-state index contributed by atoms with van der Waals surface area (Å²) in [5.74, 6) is 0. The van der Waals surface area contributed by atoms with Crippen LogP contribution in [0.2, 0.25) is 0 Å². The van der Waals surface area contributed by atoms with Gasteiger partial charge in [-0.3, -0.25) is 0 Å². The molecule has 0 amide bonds. The molecule has 0 saturated carbocycles. The lowest BCUT2D eigenvalue weighted by atomic mass is 9.82. The first-order valence-corrected chi connectivity index (χ1v) is 19.1. The van der Waals surface area contributed by atoms with Crippen molar-refractivity contribution in [3.8, 4) is 27.9 Å². The summed E-state index contributed by atoms with van der Waals surface area (Å²) in [5.41, 5.74) is 17.6. The second kappa shape index (κ2) is 11.1. The van der Waals surface area contributed by atoms with Crippen LogP contribution in [0, 0.1) is 0 Å². The van der Waals surface area contributed by atoms with Gasteiger partial charge in [-0.25, -0.2) is 0 Å². The van der Waals surface area contributed by atoms with Gasteiger partial charge in [-0.2, -0.15) is 0 Å². The molecule has 0 N–H and O–H groups in total. The van der Waals surface area contributed by atoms with E-state index < -0.39 is 0 Å². The van der Waals surface area contributed by atoms with Gasteiger partial charge in [0.15, 0.2) is 0 Å².